The molecule has 0 saturated carbocycles. The van der Waals surface area contributed by atoms with E-state index in [4.69, 9.17) is 0 Å². The molecule has 0 bridgehead atoms. The molecule has 6 heteroatoms. The Labute approximate surface area is 103 Å². The highest BCUT2D eigenvalue weighted by Gasteiger charge is 2.34. The van der Waals surface area contributed by atoms with Crippen molar-refractivity contribution in [1.82, 2.24) is 10.6 Å². The molecule has 2 unspecified atom stereocenters. The molecule has 2 aliphatic heterocycles. The molecule has 0 aliphatic carbocycles. The number of nitrogens with one attached hydrogen (secondary N) is 2. The van der Waals surface area contributed by atoms with Gasteiger partial charge in [0.2, 0.25) is 0 Å². The maximum absolute atomic E-state index is 11.7. The van der Waals surface area contributed by atoms with Crippen molar-refractivity contribution in [3.05, 3.63) is 0 Å². The largest absolute Gasteiger partial charge is 0.389 e. The predicted molar refractivity (Wildman–Crippen MR) is 66.5 cm³/mol. The second-order valence-electron chi connectivity index (χ2n) is 5.21. The lowest BCUT2D eigenvalue weighted by atomic mass is 9.95. The molecule has 17 heavy (non-hydrogen) atoms. The highest BCUT2D eigenvalue weighted by atomic mass is 32.2. The van der Waals surface area contributed by atoms with Crippen molar-refractivity contribution in [2.24, 2.45) is 0 Å². The van der Waals surface area contributed by atoms with Crippen molar-refractivity contribution < 1.29 is 13.5 Å². The molecular formula is C11H22N2O3S. The molecule has 3 N–H and O–H groups in total. The van der Waals surface area contributed by atoms with Crippen LogP contribution in [0.1, 0.15) is 32.1 Å². The first-order chi connectivity index (χ1) is 8.02. The minimum absolute atomic E-state index is 0.282. The fraction of sp³-hybridized carbons (Fsp3) is 1.00. The zero-order chi connectivity index (χ0) is 12.4. The molecule has 2 atom stereocenters. The Morgan fingerprint density at radius 2 is 2.12 bits per heavy atom. The van der Waals surface area contributed by atoms with E-state index in [1.54, 1.807) is 0 Å². The normalized spacial score (nSPS) is 37.8. The molecule has 2 rings (SSSR count). The van der Waals surface area contributed by atoms with E-state index in [9.17, 15) is 13.5 Å². The van der Waals surface area contributed by atoms with E-state index in [-0.39, 0.29) is 5.75 Å². The second-order valence-corrected chi connectivity index (χ2v) is 7.51. The summed E-state index contributed by atoms with van der Waals surface area (Å²) in [6.45, 7) is 2.12. The van der Waals surface area contributed by atoms with Crippen LogP contribution in [0.3, 0.4) is 0 Å². The van der Waals surface area contributed by atoms with Crippen molar-refractivity contribution in [2.75, 3.05) is 25.4 Å². The van der Waals surface area contributed by atoms with Gasteiger partial charge in [0.15, 0.2) is 9.84 Å². The summed E-state index contributed by atoms with van der Waals surface area (Å²) in [6.07, 6.45) is 3.78. The number of hydrogen-bond acceptors (Lipinski definition) is 5. The number of rotatable bonds is 3. The van der Waals surface area contributed by atoms with E-state index >= 15 is 0 Å². The molecule has 0 radical (unpaired) electrons. The van der Waals surface area contributed by atoms with Crippen molar-refractivity contribution in [3.8, 4) is 0 Å². The molecule has 0 aromatic heterocycles. The molecule has 100 valence electrons. The average molecular weight is 262 g/mol. The third-order valence-electron chi connectivity index (χ3n) is 3.75. The quantitative estimate of drug-likeness (QED) is 0.646. The summed E-state index contributed by atoms with van der Waals surface area (Å²) < 4.78 is 23.3. The first kappa shape index (κ1) is 13.3. The number of sulfone groups is 1. The summed E-state index contributed by atoms with van der Waals surface area (Å²) in [6, 6.07) is 0. The van der Waals surface area contributed by atoms with Gasteiger partial charge >= 0.3 is 0 Å². The standard InChI is InChI=1S/C11H22N2O3S/c14-11(4-2-6-12-7-5-11)9-13-10-3-1-8-17(10,15)16/h10,12-14H,1-9H2. The molecule has 2 fully saturated rings. The van der Waals surface area contributed by atoms with Gasteiger partial charge in [-0.25, -0.2) is 8.42 Å². The molecule has 2 saturated heterocycles. The Morgan fingerprint density at radius 3 is 2.82 bits per heavy atom. The predicted octanol–water partition coefficient (Wildman–Crippen LogP) is -0.385. The second kappa shape index (κ2) is 5.22. The average Bonchev–Trinajstić information content (AvgIpc) is 2.48. The van der Waals surface area contributed by atoms with Crippen LogP contribution in [0.2, 0.25) is 0 Å². The molecule has 2 heterocycles. The maximum Gasteiger partial charge on any atom is 0.166 e. The van der Waals surface area contributed by atoms with Crippen molar-refractivity contribution in [1.29, 1.82) is 0 Å². The zero-order valence-electron chi connectivity index (χ0n) is 10.1. The van der Waals surface area contributed by atoms with Crippen LogP contribution in [-0.2, 0) is 9.84 Å². The fourth-order valence-electron chi connectivity index (χ4n) is 2.61. The van der Waals surface area contributed by atoms with Crippen LogP contribution in [-0.4, -0.2) is 49.9 Å². The molecular weight excluding hydrogens is 240 g/mol. The number of aliphatic hydroxyl groups is 1. The highest BCUT2D eigenvalue weighted by Crippen LogP contribution is 2.22. The summed E-state index contributed by atoms with van der Waals surface area (Å²) in [5, 5.41) is 16.2. The minimum atomic E-state index is -2.96. The number of hydrogen-bond donors (Lipinski definition) is 3. The van der Waals surface area contributed by atoms with Gasteiger partial charge in [-0.2, -0.15) is 0 Å². The van der Waals surface area contributed by atoms with Crippen LogP contribution in [0.4, 0.5) is 0 Å². The Bertz CT molecular complexity index is 348. The van der Waals surface area contributed by atoms with Crippen LogP contribution in [0.5, 0.6) is 0 Å². The Hall–Kier alpha value is -0.170. The van der Waals surface area contributed by atoms with Gasteiger partial charge in [0, 0.05) is 6.54 Å². The maximum atomic E-state index is 11.7. The summed E-state index contributed by atoms with van der Waals surface area (Å²) in [5.74, 6) is 0.282. The topological polar surface area (TPSA) is 78.4 Å². The van der Waals surface area contributed by atoms with Crippen molar-refractivity contribution >= 4 is 9.84 Å². The van der Waals surface area contributed by atoms with E-state index in [0.29, 0.717) is 19.4 Å². The van der Waals surface area contributed by atoms with Gasteiger partial charge in [0.25, 0.3) is 0 Å². The molecule has 2 aliphatic rings. The van der Waals surface area contributed by atoms with Gasteiger partial charge < -0.3 is 10.4 Å². The summed E-state index contributed by atoms with van der Waals surface area (Å²) in [7, 11) is -2.96. The van der Waals surface area contributed by atoms with Crippen molar-refractivity contribution in [3.63, 3.8) is 0 Å². The third kappa shape index (κ3) is 3.40. The zero-order valence-corrected chi connectivity index (χ0v) is 10.9. The van der Waals surface area contributed by atoms with Gasteiger partial charge in [-0.15, -0.1) is 0 Å². The monoisotopic (exact) mass is 262 g/mol. The van der Waals surface area contributed by atoms with Gasteiger partial charge in [0.1, 0.15) is 5.37 Å². The summed E-state index contributed by atoms with van der Waals surface area (Å²) in [5.41, 5.74) is -0.748. The van der Waals surface area contributed by atoms with Gasteiger partial charge in [-0.3, -0.25) is 5.32 Å². The lowest BCUT2D eigenvalue weighted by Crippen LogP contribution is -2.46. The first-order valence-corrected chi connectivity index (χ1v) is 8.11. The Morgan fingerprint density at radius 1 is 1.29 bits per heavy atom. The lowest BCUT2D eigenvalue weighted by Gasteiger charge is -2.28. The van der Waals surface area contributed by atoms with Crippen LogP contribution >= 0.6 is 0 Å². The molecule has 5 nitrogen and oxygen atoms in total. The van der Waals surface area contributed by atoms with Gasteiger partial charge in [-0.1, -0.05) is 0 Å². The molecule has 0 aromatic carbocycles. The van der Waals surface area contributed by atoms with Crippen LogP contribution < -0.4 is 10.6 Å². The summed E-state index contributed by atoms with van der Waals surface area (Å²) in [4.78, 5) is 0. The fourth-order valence-corrected chi connectivity index (χ4v) is 4.33. The van der Waals surface area contributed by atoms with Crippen LogP contribution in [0, 0.1) is 0 Å². The molecule has 0 aromatic rings. The smallest absolute Gasteiger partial charge is 0.166 e. The minimum Gasteiger partial charge on any atom is -0.389 e. The first-order valence-electron chi connectivity index (χ1n) is 6.40. The van der Waals surface area contributed by atoms with E-state index in [1.165, 1.54) is 0 Å². The van der Waals surface area contributed by atoms with Crippen LogP contribution in [0.25, 0.3) is 0 Å². The summed E-state index contributed by atoms with van der Waals surface area (Å²) >= 11 is 0. The lowest BCUT2D eigenvalue weighted by molar-refractivity contribution is 0.0278. The van der Waals surface area contributed by atoms with Crippen molar-refractivity contribution in [2.45, 2.75) is 43.1 Å². The van der Waals surface area contributed by atoms with Crippen LogP contribution in [0.15, 0.2) is 0 Å². The van der Waals surface area contributed by atoms with E-state index in [2.05, 4.69) is 10.6 Å². The third-order valence-corrected chi connectivity index (χ3v) is 5.88. The Balaban J connectivity index is 1.88. The SMILES string of the molecule is O=S1(=O)CCCC1NCC1(O)CCCNCC1. The Kier molecular flexibility index (Phi) is 4.07. The van der Waals surface area contributed by atoms with Gasteiger partial charge in [0.05, 0.1) is 11.4 Å². The molecule has 0 spiro atoms. The highest BCUT2D eigenvalue weighted by molar-refractivity contribution is 7.92. The van der Waals surface area contributed by atoms with E-state index in [0.717, 1.165) is 32.4 Å². The van der Waals surface area contributed by atoms with E-state index in [1.807, 2.05) is 0 Å². The van der Waals surface area contributed by atoms with E-state index < -0.39 is 20.8 Å². The molecule has 0 amide bonds. The van der Waals surface area contributed by atoms with Gasteiger partial charge in [-0.05, 0) is 45.2 Å².